The van der Waals surface area contributed by atoms with E-state index in [4.69, 9.17) is 13.8 Å². The van der Waals surface area contributed by atoms with Gasteiger partial charge in [-0.25, -0.2) is 4.57 Å². The summed E-state index contributed by atoms with van der Waals surface area (Å²) in [5.74, 6) is -0.520. The second kappa shape index (κ2) is 52.2. The maximum absolute atomic E-state index is 13.5. The second-order valence-corrected chi connectivity index (χ2v) is 23.0. The molecule has 0 bridgehead atoms. The molecule has 0 heterocycles. The van der Waals surface area contributed by atoms with Crippen LogP contribution >= 0.6 is 7.82 Å². The lowest BCUT2D eigenvalue weighted by Gasteiger charge is -2.27. The standard InChI is InChI=1S/C62H115N2O7P/c1-7-10-13-16-19-22-25-28-30-32-34-36-39-42-45-48-51-54-61(65)63-59(58-70-72(67,68)69-57-56-64(4,5)6)60(53-50-47-44-41-38-27-24-21-18-15-12-9-3)71-62(66)55-52-49-46-43-40-37-35-33-31-29-26-23-20-17-14-11-8-2/h19-20,22-23,28-31,50,53,59-60H,7-18,21,24-27,32-49,51-52,54-58H2,1-6H3,(H-,63,65,67,68)/p+1/b22-19-,23-20-,30-28-,31-29-,53-50+. The van der Waals surface area contributed by atoms with Crippen molar-refractivity contribution >= 4 is 19.7 Å². The lowest BCUT2D eigenvalue weighted by molar-refractivity contribution is -0.870. The first-order chi connectivity index (χ1) is 34.9. The molecule has 3 unspecified atom stereocenters. The van der Waals surface area contributed by atoms with E-state index in [9.17, 15) is 19.0 Å². The van der Waals surface area contributed by atoms with Gasteiger partial charge < -0.3 is 19.4 Å². The zero-order valence-electron chi connectivity index (χ0n) is 47.9. The maximum atomic E-state index is 13.5. The Hall–Kier alpha value is -2.29. The molecule has 1 amide bonds. The molecule has 0 rings (SSSR count). The zero-order chi connectivity index (χ0) is 52.9. The number of hydrogen-bond acceptors (Lipinski definition) is 6. The molecule has 0 aromatic heterocycles. The van der Waals surface area contributed by atoms with Gasteiger partial charge in [0.15, 0.2) is 0 Å². The number of nitrogens with zero attached hydrogens (tertiary/aromatic N) is 1. The fourth-order valence-corrected chi connectivity index (χ4v) is 9.21. The summed E-state index contributed by atoms with van der Waals surface area (Å²) in [4.78, 5) is 37.7. The Morgan fingerprint density at radius 3 is 1.28 bits per heavy atom. The van der Waals surface area contributed by atoms with E-state index in [1.807, 2.05) is 33.3 Å². The SMILES string of the molecule is CCCCC/C=C\C/C=C\CCCCCCCCCC(=O)NC(COP(=O)(O)OCC[N+](C)(C)C)C(/C=C/CCCCCCCCCCCC)OC(=O)CCCCCCCCC/C=C\C/C=C\CCCCC. The quantitative estimate of drug-likeness (QED) is 0.0205. The minimum Gasteiger partial charge on any atom is -0.456 e. The van der Waals surface area contributed by atoms with Crippen molar-refractivity contribution < 1.29 is 37.3 Å². The summed E-state index contributed by atoms with van der Waals surface area (Å²) in [7, 11) is 1.48. The van der Waals surface area contributed by atoms with Crippen LogP contribution in [0.15, 0.2) is 60.8 Å². The molecule has 10 heteroatoms. The average Bonchev–Trinajstić information content (AvgIpc) is 3.34. The number of esters is 1. The molecule has 3 atom stereocenters. The first-order valence-electron chi connectivity index (χ1n) is 30.1. The van der Waals surface area contributed by atoms with Crippen molar-refractivity contribution in [2.45, 2.75) is 283 Å². The van der Waals surface area contributed by atoms with Crippen LogP contribution in [0.2, 0.25) is 0 Å². The summed E-state index contributed by atoms with van der Waals surface area (Å²) in [5, 5.41) is 3.05. The van der Waals surface area contributed by atoms with Crippen molar-refractivity contribution in [1.29, 1.82) is 0 Å². The number of likely N-dealkylation sites (N-methyl/N-ethyl adjacent to an activating group) is 1. The number of quaternary nitrogens is 1. The first kappa shape index (κ1) is 69.7. The van der Waals surface area contributed by atoms with E-state index in [0.29, 0.717) is 17.4 Å². The molecule has 0 aliphatic rings. The van der Waals surface area contributed by atoms with Crippen LogP contribution < -0.4 is 5.32 Å². The van der Waals surface area contributed by atoms with Gasteiger partial charge in [0.05, 0.1) is 33.8 Å². The number of unbranched alkanes of at least 4 members (excludes halogenated alkanes) is 30. The van der Waals surface area contributed by atoms with Crippen molar-refractivity contribution in [1.82, 2.24) is 5.32 Å². The first-order valence-corrected chi connectivity index (χ1v) is 31.6. The number of rotatable bonds is 54. The van der Waals surface area contributed by atoms with Crippen LogP contribution in [0.4, 0.5) is 0 Å². The number of hydrogen-bond donors (Lipinski definition) is 2. The second-order valence-electron chi connectivity index (χ2n) is 21.5. The van der Waals surface area contributed by atoms with E-state index >= 15 is 0 Å². The zero-order valence-corrected chi connectivity index (χ0v) is 48.8. The number of nitrogens with one attached hydrogen (secondary N) is 1. The summed E-state index contributed by atoms with van der Waals surface area (Å²) < 4.78 is 30.7. The molecule has 2 N–H and O–H groups in total. The molecule has 0 aromatic carbocycles. The summed E-state index contributed by atoms with van der Waals surface area (Å²) in [6, 6.07) is -0.856. The minimum atomic E-state index is -4.45. The van der Waals surface area contributed by atoms with Crippen LogP contribution in [0.3, 0.4) is 0 Å². The van der Waals surface area contributed by atoms with Crippen LogP contribution in [0.5, 0.6) is 0 Å². The fourth-order valence-electron chi connectivity index (χ4n) is 8.47. The van der Waals surface area contributed by atoms with Crippen molar-refractivity contribution in [3.63, 3.8) is 0 Å². The maximum Gasteiger partial charge on any atom is 0.472 e. The Morgan fingerprint density at radius 1 is 0.486 bits per heavy atom. The Kier molecular flexibility index (Phi) is 50.5. The van der Waals surface area contributed by atoms with Gasteiger partial charge >= 0.3 is 13.8 Å². The van der Waals surface area contributed by atoms with Crippen molar-refractivity contribution in [2.75, 3.05) is 40.9 Å². The van der Waals surface area contributed by atoms with E-state index in [-0.39, 0.29) is 31.5 Å². The fraction of sp³-hybridized carbons (Fsp3) is 0.806. The highest BCUT2D eigenvalue weighted by Gasteiger charge is 2.30. The Balaban J connectivity index is 5.32. The van der Waals surface area contributed by atoms with E-state index in [1.165, 1.54) is 141 Å². The Bertz CT molecular complexity index is 1420. The lowest BCUT2D eigenvalue weighted by Crippen LogP contribution is -2.47. The van der Waals surface area contributed by atoms with E-state index in [2.05, 4.69) is 74.7 Å². The lowest BCUT2D eigenvalue weighted by atomic mass is 10.0. The third-order valence-electron chi connectivity index (χ3n) is 13.2. The summed E-state index contributed by atoms with van der Waals surface area (Å²) in [5.41, 5.74) is 0. The molecule has 0 radical (unpaired) electrons. The van der Waals surface area contributed by atoms with E-state index in [0.717, 1.165) is 96.3 Å². The van der Waals surface area contributed by atoms with Crippen LogP contribution in [0.25, 0.3) is 0 Å². The molecule has 0 aliphatic carbocycles. The summed E-state index contributed by atoms with van der Waals surface area (Å²) in [6.45, 7) is 6.96. The highest BCUT2D eigenvalue weighted by atomic mass is 31.2. The van der Waals surface area contributed by atoms with Gasteiger partial charge in [-0.3, -0.25) is 18.6 Å². The van der Waals surface area contributed by atoms with E-state index < -0.39 is 20.0 Å². The van der Waals surface area contributed by atoms with Crippen LogP contribution in [0, 0.1) is 0 Å². The molecule has 9 nitrogen and oxygen atoms in total. The average molecular weight is 1030 g/mol. The monoisotopic (exact) mass is 1030 g/mol. The van der Waals surface area contributed by atoms with E-state index in [1.54, 1.807) is 0 Å². The molecule has 0 saturated carbocycles. The summed E-state index contributed by atoms with van der Waals surface area (Å²) >= 11 is 0. The molecule has 0 saturated heterocycles. The number of ether oxygens (including phenoxy) is 1. The molecular weight excluding hydrogens is 916 g/mol. The third-order valence-corrected chi connectivity index (χ3v) is 14.2. The Morgan fingerprint density at radius 2 is 0.847 bits per heavy atom. The smallest absolute Gasteiger partial charge is 0.456 e. The predicted octanol–water partition coefficient (Wildman–Crippen LogP) is 18.3. The third kappa shape index (κ3) is 52.6. The van der Waals surface area contributed by atoms with Crippen molar-refractivity contribution in [2.24, 2.45) is 0 Å². The van der Waals surface area contributed by atoms with Gasteiger partial charge in [0.2, 0.25) is 5.91 Å². The molecule has 0 fully saturated rings. The minimum absolute atomic E-state index is 0.0361. The Labute approximate surface area is 445 Å². The van der Waals surface area contributed by atoms with Gasteiger partial charge in [0.1, 0.15) is 19.3 Å². The molecule has 72 heavy (non-hydrogen) atoms. The molecular formula is C62H116N2O7P+. The van der Waals surface area contributed by atoms with Gasteiger partial charge in [0, 0.05) is 12.8 Å². The van der Waals surface area contributed by atoms with Gasteiger partial charge in [-0.05, 0) is 96.0 Å². The number of amides is 1. The molecule has 0 spiro atoms. The highest BCUT2D eigenvalue weighted by Crippen LogP contribution is 2.43. The number of phosphoric ester groups is 1. The van der Waals surface area contributed by atoms with Gasteiger partial charge in [0.25, 0.3) is 0 Å². The highest BCUT2D eigenvalue weighted by molar-refractivity contribution is 7.47. The number of carbonyl (C=O) groups excluding carboxylic acids is 2. The van der Waals surface area contributed by atoms with Gasteiger partial charge in [-0.15, -0.1) is 0 Å². The number of allylic oxidation sites excluding steroid dienone is 9. The van der Waals surface area contributed by atoms with Gasteiger partial charge in [-0.1, -0.05) is 223 Å². The molecule has 0 aromatic rings. The summed E-state index contributed by atoms with van der Waals surface area (Å²) in [6.07, 6.45) is 64.9. The van der Waals surface area contributed by atoms with Gasteiger partial charge in [-0.2, -0.15) is 0 Å². The van der Waals surface area contributed by atoms with Crippen LogP contribution in [-0.2, 0) is 27.9 Å². The predicted molar refractivity (Wildman–Crippen MR) is 309 cm³/mol. The molecule has 0 aliphatic heterocycles. The van der Waals surface area contributed by atoms with Crippen molar-refractivity contribution in [3.8, 4) is 0 Å². The normalized spacial score (nSPS) is 14.2. The molecule has 420 valence electrons. The van der Waals surface area contributed by atoms with Crippen molar-refractivity contribution in [3.05, 3.63) is 60.8 Å². The number of carbonyl (C=O) groups is 2. The number of phosphoric acid groups is 1. The topological polar surface area (TPSA) is 111 Å². The largest absolute Gasteiger partial charge is 0.472 e. The van der Waals surface area contributed by atoms with Crippen LogP contribution in [-0.4, -0.2) is 74.3 Å². The van der Waals surface area contributed by atoms with Crippen LogP contribution in [0.1, 0.15) is 271 Å².